The van der Waals surface area contributed by atoms with Gasteiger partial charge in [0.2, 0.25) is 0 Å². The first-order chi connectivity index (χ1) is 15.6. The molecule has 0 heterocycles. The van der Waals surface area contributed by atoms with Crippen LogP contribution in [0.1, 0.15) is 26.3 Å². The van der Waals surface area contributed by atoms with E-state index in [1.807, 2.05) is 36.4 Å². The first kappa shape index (κ1) is 22.2. The molecule has 2 N–H and O–H groups in total. The fraction of sp³-hybridized carbons (Fsp3) is 0.0385. The van der Waals surface area contributed by atoms with E-state index in [1.54, 1.807) is 60.7 Å². The van der Waals surface area contributed by atoms with Crippen LogP contribution in [-0.4, -0.2) is 24.9 Å². The molecule has 2 amide bonds. The minimum Gasteiger partial charge on any atom is -0.465 e. The molecule has 0 unspecified atom stereocenters. The van der Waals surface area contributed by atoms with E-state index in [2.05, 4.69) is 15.4 Å². The lowest BCUT2D eigenvalue weighted by molar-refractivity contribution is -0.113. The van der Waals surface area contributed by atoms with E-state index in [4.69, 9.17) is 0 Å². The lowest BCUT2D eigenvalue weighted by Crippen LogP contribution is -2.30. The van der Waals surface area contributed by atoms with Gasteiger partial charge in [0.05, 0.1) is 12.7 Å². The minimum absolute atomic E-state index is 0.0723. The highest BCUT2D eigenvalue weighted by molar-refractivity contribution is 6.08. The predicted octanol–water partition coefficient (Wildman–Crippen LogP) is 4.44. The largest absolute Gasteiger partial charge is 0.465 e. The Bertz CT molecular complexity index is 1140. The summed E-state index contributed by atoms with van der Waals surface area (Å²) in [7, 11) is 1.30. The Labute approximate surface area is 186 Å². The topological polar surface area (TPSA) is 84.5 Å². The lowest BCUT2D eigenvalue weighted by atomic mass is 10.2. The van der Waals surface area contributed by atoms with Gasteiger partial charge >= 0.3 is 5.97 Å². The van der Waals surface area contributed by atoms with Crippen molar-refractivity contribution in [2.24, 2.45) is 0 Å². The van der Waals surface area contributed by atoms with Gasteiger partial charge in [0, 0.05) is 11.3 Å². The average Bonchev–Trinajstić information content (AvgIpc) is 2.84. The zero-order chi connectivity index (χ0) is 22.8. The number of carbonyl (C=O) groups is 3. The van der Waals surface area contributed by atoms with Crippen molar-refractivity contribution < 1.29 is 19.1 Å². The molecule has 0 aromatic heterocycles. The van der Waals surface area contributed by atoms with Crippen LogP contribution in [0.3, 0.4) is 0 Å². The van der Waals surface area contributed by atoms with E-state index in [0.717, 1.165) is 5.56 Å². The summed E-state index contributed by atoms with van der Waals surface area (Å²) in [6, 6.07) is 24.5. The van der Waals surface area contributed by atoms with Crippen molar-refractivity contribution in [3.05, 3.63) is 119 Å². The summed E-state index contributed by atoms with van der Waals surface area (Å²) in [5, 5.41) is 5.39. The van der Waals surface area contributed by atoms with Crippen LogP contribution in [0, 0.1) is 0 Å². The summed E-state index contributed by atoms with van der Waals surface area (Å²) >= 11 is 0. The number of carbonyl (C=O) groups excluding carboxylic acids is 3. The van der Waals surface area contributed by atoms with Gasteiger partial charge in [-0.25, -0.2) is 4.79 Å². The second kappa shape index (κ2) is 11.1. The van der Waals surface area contributed by atoms with E-state index in [-0.39, 0.29) is 5.70 Å². The van der Waals surface area contributed by atoms with Crippen LogP contribution in [0.25, 0.3) is 6.08 Å². The van der Waals surface area contributed by atoms with Crippen molar-refractivity contribution in [2.75, 3.05) is 12.4 Å². The molecule has 3 aromatic carbocycles. The molecule has 0 saturated heterocycles. The Kier molecular flexibility index (Phi) is 7.70. The molecule has 0 radical (unpaired) electrons. The average molecular weight is 426 g/mol. The van der Waals surface area contributed by atoms with E-state index < -0.39 is 17.8 Å². The number of esters is 1. The lowest BCUT2D eigenvalue weighted by Gasteiger charge is -2.11. The van der Waals surface area contributed by atoms with Crippen molar-refractivity contribution >= 4 is 29.5 Å². The van der Waals surface area contributed by atoms with Gasteiger partial charge in [0.25, 0.3) is 11.8 Å². The van der Waals surface area contributed by atoms with Crippen molar-refractivity contribution in [3.8, 4) is 0 Å². The molecule has 0 atom stereocenters. The van der Waals surface area contributed by atoms with Crippen molar-refractivity contribution in [3.63, 3.8) is 0 Å². The van der Waals surface area contributed by atoms with Gasteiger partial charge in [-0.2, -0.15) is 0 Å². The number of ether oxygens (including phenoxy) is 1. The number of amides is 2. The quantitative estimate of drug-likeness (QED) is 0.332. The third-order valence-electron chi connectivity index (χ3n) is 4.44. The summed E-state index contributed by atoms with van der Waals surface area (Å²) in [5.74, 6) is -1.37. The van der Waals surface area contributed by atoms with Gasteiger partial charge in [0.1, 0.15) is 5.70 Å². The normalized spacial score (nSPS) is 11.1. The number of nitrogens with one attached hydrogen (secondary N) is 2. The maximum atomic E-state index is 12.9. The van der Waals surface area contributed by atoms with Gasteiger partial charge in [-0.3, -0.25) is 9.59 Å². The molecule has 160 valence electrons. The van der Waals surface area contributed by atoms with E-state index in [0.29, 0.717) is 16.8 Å². The van der Waals surface area contributed by atoms with Crippen molar-refractivity contribution in [2.45, 2.75) is 0 Å². The molecule has 0 spiro atoms. The van der Waals surface area contributed by atoms with Gasteiger partial charge in [0.15, 0.2) is 0 Å². The van der Waals surface area contributed by atoms with Gasteiger partial charge in [-0.1, -0.05) is 60.7 Å². The molecular formula is C26H22N2O4. The number of hydrogen-bond acceptors (Lipinski definition) is 4. The first-order valence-corrected chi connectivity index (χ1v) is 9.86. The second-order valence-corrected chi connectivity index (χ2v) is 6.69. The van der Waals surface area contributed by atoms with Crippen LogP contribution >= 0.6 is 0 Å². The molecular weight excluding hydrogens is 404 g/mol. The van der Waals surface area contributed by atoms with E-state index in [9.17, 15) is 14.4 Å². The van der Waals surface area contributed by atoms with Crippen LogP contribution in [0.5, 0.6) is 0 Å². The molecule has 0 fully saturated rings. The summed E-state index contributed by atoms with van der Waals surface area (Å²) in [6.07, 6.45) is 5.05. The second-order valence-electron chi connectivity index (χ2n) is 6.69. The number of hydrogen-bond donors (Lipinski definition) is 2. The monoisotopic (exact) mass is 426 g/mol. The fourth-order valence-electron chi connectivity index (χ4n) is 2.78. The third-order valence-corrected chi connectivity index (χ3v) is 4.44. The molecule has 3 aromatic rings. The molecule has 32 heavy (non-hydrogen) atoms. The number of methoxy groups -OCH3 is 1. The molecule has 0 bridgehead atoms. The van der Waals surface area contributed by atoms with E-state index >= 15 is 0 Å². The van der Waals surface area contributed by atoms with Crippen LogP contribution in [0.2, 0.25) is 0 Å². The van der Waals surface area contributed by atoms with Crippen LogP contribution in [0.15, 0.2) is 103 Å². The standard InChI is InChI=1S/C26H22N2O4/c1-32-26(31)21-15-17-22(18-16-21)27-25(30)23(14-8-11-19-9-4-2-5-10-19)28-24(29)20-12-6-3-7-13-20/h2-18H,1H3,(H,27,30)(H,28,29)/b11-8+,23-14+. The molecule has 0 aliphatic carbocycles. The van der Waals surface area contributed by atoms with Crippen LogP contribution in [-0.2, 0) is 9.53 Å². The van der Waals surface area contributed by atoms with E-state index in [1.165, 1.54) is 13.2 Å². The predicted molar refractivity (Wildman–Crippen MR) is 124 cm³/mol. The Morgan fingerprint density at radius 1 is 0.781 bits per heavy atom. The Morgan fingerprint density at radius 3 is 2.03 bits per heavy atom. The third kappa shape index (κ3) is 6.27. The zero-order valence-electron chi connectivity index (χ0n) is 17.4. The Balaban J connectivity index is 1.79. The summed E-state index contributed by atoms with van der Waals surface area (Å²) < 4.78 is 4.67. The van der Waals surface area contributed by atoms with Crippen LogP contribution < -0.4 is 10.6 Å². The maximum Gasteiger partial charge on any atom is 0.337 e. The highest BCUT2D eigenvalue weighted by Gasteiger charge is 2.14. The molecule has 0 aliphatic heterocycles. The highest BCUT2D eigenvalue weighted by Crippen LogP contribution is 2.12. The zero-order valence-corrected chi connectivity index (χ0v) is 17.4. The Hall–Kier alpha value is -4.45. The number of allylic oxidation sites excluding steroid dienone is 2. The number of anilines is 1. The summed E-state index contributed by atoms with van der Waals surface area (Å²) in [4.78, 5) is 37.0. The van der Waals surface area contributed by atoms with Gasteiger partial charge < -0.3 is 15.4 Å². The fourth-order valence-corrected chi connectivity index (χ4v) is 2.78. The SMILES string of the molecule is COC(=O)c1ccc(NC(=O)/C(=C\C=C\c2ccccc2)NC(=O)c2ccccc2)cc1. The molecule has 6 nitrogen and oxygen atoms in total. The minimum atomic E-state index is -0.502. The molecule has 6 heteroatoms. The smallest absolute Gasteiger partial charge is 0.337 e. The van der Waals surface area contributed by atoms with Crippen LogP contribution in [0.4, 0.5) is 5.69 Å². The Morgan fingerprint density at radius 2 is 1.41 bits per heavy atom. The number of benzene rings is 3. The summed E-state index contributed by atoms with van der Waals surface area (Å²) in [6.45, 7) is 0. The molecule has 3 rings (SSSR count). The molecule has 0 saturated carbocycles. The van der Waals surface area contributed by atoms with Gasteiger partial charge in [-0.15, -0.1) is 0 Å². The van der Waals surface area contributed by atoms with Crippen molar-refractivity contribution in [1.29, 1.82) is 0 Å². The summed E-state index contributed by atoms with van der Waals surface area (Å²) in [5.41, 5.74) is 2.29. The van der Waals surface area contributed by atoms with Crippen molar-refractivity contribution in [1.82, 2.24) is 5.32 Å². The number of rotatable bonds is 7. The maximum absolute atomic E-state index is 12.9. The molecule has 0 aliphatic rings. The van der Waals surface area contributed by atoms with Gasteiger partial charge in [-0.05, 0) is 48.0 Å². The first-order valence-electron chi connectivity index (χ1n) is 9.86. The highest BCUT2D eigenvalue weighted by atomic mass is 16.5.